The highest BCUT2D eigenvalue weighted by Crippen LogP contribution is 2.18. The van der Waals surface area contributed by atoms with E-state index in [0.717, 1.165) is 0 Å². The summed E-state index contributed by atoms with van der Waals surface area (Å²) in [6.45, 7) is 1.57. The maximum Gasteiger partial charge on any atom is 0.417 e. The van der Waals surface area contributed by atoms with Crippen molar-refractivity contribution in [2.45, 2.75) is 13.0 Å². The van der Waals surface area contributed by atoms with Crippen LogP contribution in [-0.4, -0.2) is 22.0 Å². The summed E-state index contributed by atoms with van der Waals surface area (Å²) in [7, 11) is 0. The van der Waals surface area contributed by atoms with Gasteiger partial charge in [-0.3, -0.25) is 0 Å². The van der Waals surface area contributed by atoms with Crippen molar-refractivity contribution in [2.75, 3.05) is 0 Å². The lowest BCUT2D eigenvalue weighted by molar-refractivity contribution is -0.167. The topological polar surface area (TPSA) is 111 Å². The summed E-state index contributed by atoms with van der Waals surface area (Å²) >= 11 is 1.30. The number of nitrogens with zero attached hydrogens (tertiary/aromatic N) is 1. The van der Waals surface area contributed by atoms with Crippen LogP contribution in [0.5, 0.6) is 0 Å². The SMILES string of the molecule is CC(OC(=O)C(=O)O)c1nccs1.N. The van der Waals surface area contributed by atoms with Crippen LogP contribution in [0, 0.1) is 0 Å². The fourth-order valence-electron chi connectivity index (χ4n) is 0.697. The zero-order valence-corrected chi connectivity index (χ0v) is 8.28. The summed E-state index contributed by atoms with van der Waals surface area (Å²) in [6, 6.07) is 0. The van der Waals surface area contributed by atoms with Crippen molar-refractivity contribution in [2.24, 2.45) is 0 Å². The Hall–Kier alpha value is -1.47. The number of carbonyl (C=O) groups excluding carboxylic acids is 1. The number of hydrogen-bond acceptors (Lipinski definition) is 6. The monoisotopic (exact) mass is 218 g/mol. The smallest absolute Gasteiger partial charge is 0.417 e. The van der Waals surface area contributed by atoms with Crippen molar-refractivity contribution in [1.82, 2.24) is 11.1 Å². The first-order valence-electron chi connectivity index (χ1n) is 3.44. The predicted octanol–water partition coefficient (Wildman–Crippen LogP) is 0.994. The van der Waals surface area contributed by atoms with Crippen LogP contribution in [-0.2, 0) is 14.3 Å². The lowest BCUT2D eigenvalue weighted by Gasteiger charge is -2.07. The second-order valence-corrected chi connectivity index (χ2v) is 3.15. The molecule has 0 spiro atoms. The molecule has 4 N–H and O–H groups in total. The molecule has 7 heteroatoms. The standard InChI is InChI=1S/C7H7NO4S.H3N/c1-4(5-8-2-3-13-5)12-7(11)6(9)10;/h2-4H,1H3,(H,9,10);1H3. The fraction of sp³-hybridized carbons (Fsp3) is 0.286. The molecule has 6 nitrogen and oxygen atoms in total. The zero-order valence-electron chi connectivity index (χ0n) is 7.47. The molecule has 1 aromatic heterocycles. The maximum atomic E-state index is 10.6. The van der Waals surface area contributed by atoms with Crippen molar-refractivity contribution in [3.63, 3.8) is 0 Å². The van der Waals surface area contributed by atoms with E-state index in [0.29, 0.717) is 5.01 Å². The number of ether oxygens (including phenoxy) is 1. The van der Waals surface area contributed by atoms with Gasteiger partial charge in [0.15, 0.2) is 6.10 Å². The van der Waals surface area contributed by atoms with Crippen LogP contribution >= 0.6 is 11.3 Å². The van der Waals surface area contributed by atoms with Gasteiger partial charge in [-0.25, -0.2) is 14.6 Å². The molecular formula is C7H10N2O4S. The van der Waals surface area contributed by atoms with Crippen LogP contribution in [0.4, 0.5) is 0 Å². The van der Waals surface area contributed by atoms with Crippen LogP contribution < -0.4 is 6.15 Å². The normalized spacial score (nSPS) is 11.2. The van der Waals surface area contributed by atoms with Gasteiger partial charge >= 0.3 is 11.9 Å². The van der Waals surface area contributed by atoms with Crippen molar-refractivity contribution >= 4 is 23.3 Å². The van der Waals surface area contributed by atoms with E-state index < -0.39 is 18.0 Å². The maximum absolute atomic E-state index is 10.6. The number of carboxylic acids is 1. The zero-order chi connectivity index (χ0) is 9.84. The highest BCUT2D eigenvalue weighted by Gasteiger charge is 2.19. The minimum atomic E-state index is -1.59. The number of aromatic nitrogens is 1. The molecule has 0 bridgehead atoms. The molecule has 14 heavy (non-hydrogen) atoms. The Bertz CT molecular complexity index is 311. The summed E-state index contributed by atoms with van der Waals surface area (Å²) < 4.78 is 4.57. The summed E-state index contributed by atoms with van der Waals surface area (Å²) in [5.41, 5.74) is 0. The van der Waals surface area contributed by atoms with Gasteiger partial charge in [0.25, 0.3) is 0 Å². The fourth-order valence-corrected chi connectivity index (χ4v) is 1.32. The molecule has 1 heterocycles. The Morgan fingerprint density at radius 3 is 2.71 bits per heavy atom. The van der Waals surface area contributed by atoms with Crippen LogP contribution in [0.3, 0.4) is 0 Å². The third kappa shape index (κ3) is 3.11. The van der Waals surface area contributed by atoms with Gasteiger partial charge in [-0.15, -0.1) is 11.3 Å². The summed E-state index contributed by atoms with van der Waals surface area (Å²) in [6.07, 6.45) is 0.953. The van der Waals surface area contributed by atoms with Crippen molar-refractivity contribution in [3.8, 4) is 0 Å². The Kier molecular flexibility index (Phi) is 4.74. The summed E-state index contributed by atoms with van der Waals surface area (Å²) in [5, 5.41) is 10.5. The average molecular weight is 218 g/mol. The van der Waals surface area contributed by atoms with Gasteiger partial charge in [-0.05, 0) is 6.92 Å². The molecule has 1 atom stereocenters. The second-order valence-electron chi connectivity index (χ2n) is 2.22. The molecule has 0 aliphatic rings. The summed E-state index contributed by atoms with van der Waals surface area (Å²) in [5.74, 6) is -2.86. The van der Waals surface area contributed by atoms with Crippen LogP contribution in [0.2, 0.25) is 0 Å². The van der Waals surface area contributed by atoms with E-state index in [9.17, 15) is 9.59 Å². The van der Waals surface area contributed by atoms with Gasteiger partial charge in [0.05, 0.1) is 0 Å². The first-order chi connectivity index (χ1) is 6.11. The van der Waals surface area contributed by atoms with Crippen molar-refractivity contribution in [1.29, 1.82) is 0 Å². The molecule has 0 aliphatic heterocycles. The predicted molar refractivity (Wildman–Crippen MR) is 49.3 cm³/mol. The minimum absolute atomic E-state index is 0. The average Bonchev–Trinajstić information content (AvgIpc) is 2.55. The Balaban J connectivity index is 0.00000169. The van der Waals surface area contributed by atoms with Crippen LogP contribution in [0.25, 0.3) is 0 Å². The summed E-state index contributed by atoms with van der Waals surface area (Å²) in [4.78, 5) is 24.6. The van der Waals surface area contributed by atoms with Crippen molar-refractivity contribution < 1.29 is 19.4 Å². The molecule has 0 fully saturated rings. The Morgan fingerprint density at radius 2 is 2.29 bits per heavy atom. The first kappa shape index (κ1) is 12.5. The minimum Gasteiger partial charge on any atom is -0.473 e. The van der Waals surface area contributed by atoms with Gasteiger partial charge in [0.1, 0.15) is 5.01 Å². The third-order valence-electron chi connectivity index (χ3n) is 1.26. The molecule has 1 rings (SSSR count). The molecule has 0 saturated heterocycles. The molecule has 78 valence electrons. The van der Waals surface area contributed by atoms with Gasteiger partial charge in [0, 0.05) is 11.6 Å². The number of thiazole rings is 1. The molecule has 0 aliphatic carbocycles. The van der Waals surface area contributed by atoms with Crippen molar-refractivity contribution in [3.05, 3.63) is 16.6 Å². The van der Waals surface area contributed by atoms with E-state index in [1.807, 2.05) is 0 Å². The Labute approximate surface area is 84.1 Å². The van der Waals surface area contributed by atoms with E-state index in [1.54, 1.807) is 18.5 Å². The number of aliphatic carboxylic acids is 1. The number of carboxylic acid groups (broad SMARTS) is 1. The second kappa shape index (κ2) is 5.30. The lowest BCUT2D eigenvalue weighted by Crippen LogP contribution is -2.18. The van der Waals surface area contributed by atoms with Gasteiger partial charge < -0.3 is 16.0 Å². The molecule has 0 amide bonds. The van der Waals surface area contributed by atoms with E-state index >= 15 is 0 Å². The molecule has 1 unspecified atom stereocenters. The van der Waals surface area contributed by atoms with E-state index in [4.69, 9.17) is 5.11 Å². The van der Waals surface area contributed by atoms with E-state index in [-0.39, 0.29) is 6.15 Å². The van der Waals surface area contributed by atoms with Gasteiger partial charge in [0.2, 0.25) is 0 Å². The largest absolute Gasteiger partial charge is 0.473 e. The van der Waals surface area contributed by atoms with E-state index in [2.05, 4.69) is 9.72 Å². The number of hydrogen-bond donors (Lipinski definition) is 2. The van der Waals surface area contributed by atoms with Gasteiger partial charge in [-0.1, -0.05) is 0 Å². The highest BCUT2D eigenvalue weighted by molar-refractivity contribution is 7.09. The number of rotatable bonds is 2. The first-order valence-corrected chi connectivity index (χ1v) is 4.32. The molecule has 0 aromatic carbocycles. The molecular weight excluding hydrogens is 208 g/mol. The highest BCUT2D eigenvalue weighted by atomic mass is 32.1. The van der Waals surface area contributed by atoms with Crippen LogP contribution in [0.1, 0.15) is 18.0 Å². The molecule has 0 radical (unpaired) electrons. The number of esters is 1. The number of carbonyl (C=O) groups is 2. The quantitative estimate of drug-likeness (QED) is 0.565. The van der Waals surface area contributed by atoms with E-state index in [1.165, 1.54) is 11.3 Å². The lowest BCUT2D eigenvalue weighted by atomic mass is 10.4. The van der Waals surface area contributed by atoms with Crippen LogP contribution in [0.15, 0.2) is 11.6 Å². The Morgan fingerprint density at radius 1 is 1.64 bits per heavy atom. The van der Waals surface area contributed by atoms with Gasteiger partial charge in [-0.2, -0.15) is 0 Å². The molecule has 0 saturated carbocycles. The third-order valence-corrected chi connectivity index (χ3v) is 2.19. The molecule has 1 aromatic rings.